The first-order valence-corrected chi connectivity index (χ1v) is 16.7. The molecule has 3 unspecified atom stereocenters. The van der Waals surface area contributed by atoms with Crippen LogP contribution in [-0.2, 0) is 14.3 Å². The minimum absolute atomic E-state index is 0.0347. The molecule has 0 heterocycles. The number of fused-ring (bicyclic) bond motifs is 2. The maximum absolute atomic E-state index is 13.7. The van der Waals surface area contributed by atoms with Gasteiger partial charge in [0.05, 0.1) is 39.7 Å². The molecule has 3 atom stereocenters. The number of hydrogen-bond donors (Lipinski definition) is 2. The second-order valence-corrected chi connectivity index (χ2v) is 14.3. The zero-order chi connectivity index (χ0) is 34.5. The lowest BCUT2D eigenvalue weighted by molar-refractivity contribution is -0.150. The highest BCUT2D eigenvalue weighted by Crippen LogP contribution is 2.42. The van der Waals surface area contributed by atoms with E-state index >= 15 is 0 Å². The van der Waals surface area contributed by atoms with Gasteiger partial charge in [0, 0.05) is 22.9 Å². The Hall–Kier alpha value is -4.58. The number of ether oxygens (including phenoxy) is 3. The number of anilines is 2. The van der Waals surface area contributed by atoms with Gasteiger partial charge in [0.2, 0.25) is 0 Å². The fraction of sp³-hybridized carbons (Fsp3) is 0.361. The van der Waals surface area contributed by atoms with Crippen molar-refractivity contribution in [3.8, 4) is 11.8 Å². The number of nitrogens with zero attached hydrogens (tertiary/aromatic N) is 1. The molecule has 0 bridgehead atoms. The van der Waals surface area contributed by atoms with Crippen molar-refractivity contribution >= 4 is 43.5 Å². The van der Waals surface area contributed by atoms with Crippen LogP contribution in [0.15, 0.2) is 54.6 Å². The number of rotatable bonds is 12. The van der Waals surface area contributed by atoms with Gasteiger partial charge in [-0.05, 0) is 56.6 Å². The molecule has 10 nitrogen and oxygen atoms in total. The van der Waals surface area contributed by atoms with Gasteiger partial charge in [0.15, 0.2) is 11.6 Å². The van der Waals surface area contributed by atoms with E-state index in [1.807, 2.05) is 13.6 Å². The van der Waals surface area contributed by atoms with Crippen molar-refractivity contribution in [1.29, 1.82) is 5.26 Å². The van der Waals surface area contributed by atoms with Crippen molar-refractivity contribution in [2.45, 2.75) is 52.3 Å². The van der Waals surface area contributed by atoms with E-state index in [1.54, 1.807) is 43.3 Å². The summed E-state index contributed by atoms with van der Waals surface area (Å²) in [7, 11) is 0.317. The van der Waals surface area contributed by atoms with Crippen molar-refractivity contribution in [3.05, 3.63) is 88.0 Å². The highest BCUT2D eigenvalue weighted by molar-refractivity contribution is 7.40. The van der Waals surface area contributed by atoms with E-state index in [0.717, 1.165) is 0 Å². The van der Waals surface area contributed by atoms with Crippen LogP contribution in [0.2, 0.25) is 0 Å². The Balaban J connectivity index is 1.46. The number of carbonyl (C=O) groups excluding carboxylic acids is 4. The maximum atomic E-state index is 13.7. The summed E-state index contributed by atoms with van der Waals surface area (Å²) in [6.45, 7) is 11.2. The largest absolute Gasteiger partial charge is 0.493 e. The molecule has 0 amide bonds. The fourth-order valence-electron chi connectivity index (χ4n) is 5.54. The molecule has 0 aromatic heterocycles. The van der Waals surface area contributed by atoms with Crippen LogP contribution in [-0.4, -0.2) is 66.4 Å². The minimum atomic E-state index is -1.21. The van der Waals surface area contributed by atoms with Crippen LogP contribution in [0.4, 0.5) is 11.4 Å². The quantitative estimate of drug-likeness (QED) is 0.136. The van der Waals surface area contributed by atoms with Crippen molar-refractivity contribution < 1.29 is 38.5 Å². The Labute approximate surface area is 276 Å². The highest BCUT2D eigenvalue weighted by atomic mass is 31.1. The van der Waals surface area contributed by atoms with Crippen LogP contribution in [0.5, 0.6) is 5.75 Å². The van der Waals surface area contributed by atoms with Gasteiger partial charge in [-0.25, -0.2) is 4.79 Å². The molecule has 11 heteroatoms. The number of esters is 2. The molecular weight excluding hydrogens is 619 g/mol. The first-order valence-electron chi connectivity index (χ1n) is 15.2. The molecule has 2 N–H and O–H groups in total. The van der Waals surface area contributed by atoms with Gasteiger partial charge in [-0.15, -0.1) is 8.58 Å². The molecule has 0 saturated heterocycles. The van der Waals surface area contributed by atoms with Crippen molar-refractivity contribution in [2.75, 3.05) is 31.8 Å². The molecule has 3 aromatic rings. The fourth-order valence-corrected chi connectivity index (χ4v) is 6.52. The van der Waals surface area contributed by atoms with E-state index < -0.39 is 29.0 Å². The zero-order valence-corrected chi connectivity index (χ0v) is 28.4. The number of benzene rings is 3. The van der Waals surface area contributed by atoms with Gasteiger partial charge in [-0.3, -0.25) is 14.4 Å². The number of hydrogen-bond acceptors (Lipinski definition) is 10. The summed E-state index contributed by atoms with van der Waals surface area (Å²) in [6.07, 6.45) is -0.575. The summed E-state index contributed by atoms with van der Waals surface area (Å²) in [4.78, 5) is 52.7. The van der Waals surface area contributed by atoms with Crippen LogP contribution >= 0.6 is 8.58 Å². The smallest absolute Gasteiger partial charge is 0.338 e. The highest BCUT2D eigenvalue weighted by Gasteiger charge is 2.38. The lowest BCUT2D eigenvalue weighted by atomic mass is 9.81. The number of nitrogens with one attached hydrogen (secondary N) is 1. The molecule has 4 rings (SSSR count). The van der Waals surface area contributed by atoms with E-state index in [0.29, 0.717) is 20.7 Å². The van der Waals surface area contributed by atoms with Gasteiger partial charge >= 0.3 is 11.9 Å². The molecule has 47 heavy (non-hydrogen) atoms. The Kier molecular flexibility index (Phi) is 10.9. The monoisotopic (exact) mass is 658 g/mol. The van der Waals surface area contributed by atoms with Crippen molar-refractivity contribution in [1.82, 2.24) is 0 Å². The SMILES string of the molecule is CCOc1cc(C#N)c(Nc2ccc(C(=O)OCC(O)COC(=O)C(C)(CC(C)(C)C)PC)cc2)c2c1C(=O)c1ccccc1C2=O. The Morgan fingerprint density at radius 2 is 1.55 bits per heavy atom. The summed E-state index contributed by atoms with van der Waals surface area (Å²) >= 11 is 0. The minimum Gasteiger partial charge on any atom is -0.493 e. The Morgan fingerprint density at radius 1 is 0.957 bits per heavy atom. The van der Waals surface area contributed by atoms with Gasteiger partial charge in [0.1, 0.15) is 31.1 Å². The van der Waals surface area contributed by atoms with Crippen LogP contribution in [0.3, 0.4) is 0 Å². The standard InChI is InChI=1S/C36H39N2O8P/c1-7-44-27-16-22(17-37)30(29-28(27)31(40)25-10-8-9-11-26(25)32(29)41)38-23-14-12-21(13-15-23)33(42)45-18-24(39)19-46-34(43)36(5,47-6)20-35(2,3)4/h8-16,24,38-39,47H,7,18-20H2,1-6H3. The van der Waals surface area contributed by atoms with Crippen LogP contribution in [0.25, 0.3) is 0 Å². The average molecular weight is 659 g/mol. The van der Waals surface area contributed by atoms with Crippen LogP contribution < -0.4 is 10.1 Å². The first-order chi connectivity index (χ1) is 22.2. The van der Waals surface area contributed by atoms with Gasteiger partial charge in [0.25, 0.3) is 0 Å². The third kappa shape index (κ3) is 7.87. The van der Waals surface area contributed by atoms with E-state index in [9.17, 15) is 29.5 Å². The summed E-state index contributed by atoms with van der Waals surface area (Å²) in [5, 5.41) is 22.7. The van der Waals surface area contributed by atoms with E-state index in [2.05, 4.69) is 32.2 Å². The number of carbonyl (C=O) groups is 4. The zero-order valence-electron chi connectivity index (χ0n) is 27.4. The van der Waals surface area contributed by atoms with Crippen molar-refractivity contribution in [2.24, 2.45) is 5.41 Å². The normalized spacial score (nSPS) is 14.4. The molecule has 0 radical (unpaired) electrons. The molecule has 1 aliphatic rings. The van der Waals surface area contributed by atoms with Gasteiger partial charge < -0.3 is 24.6 Å². The molecule has 1 aliphatic carbocycles. The molecule has 0 spiro atoms. The van der Waals surface area contributed by atoms with E-state index in [-0.39, 0.29) is 75.8 Å². The van der Waals surface area contributed by atoms with Gasteiger partial charge in [-0.2, -0.15) is 5.26 Å². The lowest BCUT2D eigenvalue weighted by Gasteiger charge is -2.33. The van der Waals surface area contributed by atoms with E-state index in [4.69, 9.17) is 14.2 Å². The summed E-state index contributed by atoms with van der Waals surface area (Å²) in [5.41, 5.74) is 1.38. The van der Waals surface area contributed by atoms with Gasteiger partial charge in [-0.1, -0.05) is 45.0 Å². The predicted molar refractivity (Wildman–Crippen MR) is 179 cm³/mol. The second-order valence-electron chi connectivity index (χ2n) is 12.7. The molecule has 3 aromatic carbocycles. The topological polar surface area (TPSA) is 152 Å². The molecule has 0 saturated carbocycles. The summed E-state index contributed by atoms with van der Waals surface area (Å²) in [5.74, 6) is -1.76. The van der Waals surface area contributed by atoms with E-state index in [1.165, 1.54) is 18.2 Å². The van der Waals surface area contributed by atoms with Crippen molar-refractivity contribution in [3.63, 3.8) is 0 Å². The third-order valence-corrected chi connectivity index (χ3v) is 9.16. The Morgan fingerprint density at radius 3 is 2.11 bits per heavy atom. The predicted octanol–water partition coefficient (Wildman–Crippen LogP) is 6.04. The number of aliphatic hydroxyl groups excluding tert-OH is 1. The Bertz CT molecular complexity index is 1740. The summed E-state index contributed by atoms with van der Waals surface area (Å²) < 4.78 is 16.3. The third-order valence-electron chi connectivity index (χ3n) is 7.67. The number of aliphatic hydroxyl groups is 1. The first kappa shape index (κ1) is 35.3. The number of ketones is 2. The van der Waals surface area contributed by atoms with Crippen LogP contribution in [0, 0.1) is 16.7 Å². The molecule has 0 fully saturated rings. The molecule has 0 aliphatic heterocycles. The van der Waals surface area contributed by atoms with Crippen LogP contribution in [0.1, 0.15) is 88.8 Å². The summed E-state index contributed by atoms with van der Waals surface area (Å²) in [6, 6.07) is 16.1. The molecule has 246 valence electrons. The molecular formula is C36H39N2O8P. The number of nitriles is 1. The maximum Gasteiger partial charge on any atom is 0.338 e. The lowest BCUT2D eigenvalue weighted by Crippen LogP contribution is -2.38. The average Bonchev–Trinajstić information content (AvgIpc) is 3.04. The second kappa shape index (κ2) is 14.5.